The first-order valence-electron chi connectivity index (χ1n) is 10.4. The van der Waals surface area contributed by atoms with Crippen LogP contribution in [0.4, 0.5) is 0 Å². The van der Waals surface area contributed by atoms with E-state index in [-0.39, 0.29) is 12.0 Å². The molecule has 2 aromatic rings. The predicted molar refractivity (Wildman–Crippen MR) is 115 cm³/mol. The minimum absolute atomic E-state index is 0.216. The van der Waals surface area contributed by atoms with Gasteiger partial charge in [-0.05, 0) is 44.4 Å². The Bertz CT molecular complexity index is 898. The predicted octanol–water partition coefficient (Wildman–Crippen LogP) is 2.96. The largest absolute Gasteiger partial charge is 0.459 e. The molecule has 1 aliphatic heterocycles. The Balaban J connectivity index is 1.68. The zero-order valence-corrected chi connectivity index (χ0v) is 18.2. The molecule has 1 aliphatic rings. The maximum Gasteiger partial charge on any atom is 0.340 e. The number of carbonyl (C=O) groups excluding carboxylic acids is 2. The van der Waals surface area contributed by atoms with Gasteiger partial charge in [-0.2, -0.15) is 0 Å². The Morgan fingerprint density at radius 3 is 2.50 bits per heavy atom. The van der Waals surface area contributed by atoms with Crippen molar-refractivity contribution in [2.75, 3.05) is 26.3 Å². The van der Waals surface area contributed by atoms with Crippen LogP contribution < -0.4 is 5.32 Å². The highest BCUT2D eigenvalue weighted by Gasteiger charge is 2.23. The first-order valence-corrected chi connectivity index (χ1v) is 10.4. The molecule has 0 bridgehead atoms. The molecule has 1 aromatic carbocycles. The fraction of sp³-hybridized carbons (Fsp3) is 0.478. The molecule has 1 saturated heterocycles. The van der Waals surface area contributed by atoms with E-state index in [0.29, 0.717) is 29.1 Å². The van der Waals surface area contributed by atoms with Gasteiger partial charge in [0.05, 0.1) is 24.9 Å². The van der Waals surface area contributed by atoms with E-state index >= 15 is 0 Å². The van der Waals surface area contributed by atoms with Crippen molar-refractivity contribution >= 4 is 11.9 Å². The highest BCUT2D eigenvalue weighted by atomic mass is 16.5. The lowest BCUT2D eigenvalue weighted by atomic mass is 10.1. The van der Waals surface area contributed by atoms with Gasteiger partial charge in [0.2, 0.25) is 0 Å². The van der Waals surface area contributed by atoms with Crippen LogP contribution in [-0.2, 0) is 22.6 Å². The molecule has 0 radical (unpaired) electrons. The van der Waals surface area contributed by atoms with Crippen molar-refractivity contribution in [3.63, 3.8) is 0 Å². The summed E-state index contributed by atoms with van der Waals surface area (Å²) in [4.78, 5) is 30.6. The molecule has 3 rings (SSSR count). The van der Waals surface area contributed by atoms with E-state index in [2.05, 4.69) is 21.3 Å². The summed E-state index contributed by atoms with van der Waals surface area (Å²) >= 11 is 0. The average Bonchev–Trinajstić information content (AvgIpc) is 3.01. The van der Waals surface area contributed by atoms with Gasteiger partial charge in [0.15, 0.2) is 0 Å². The molecular weight excluding hydrogens is 382 g/mol. The third-order valence-electron chi connectivity index (χ3n) is 5.27. The lowest BCUT2D eigenvalue weighted by Gasteiger charge is -2.27. The van der Waals surface area contributed by atoms with Gasteiger partial charge in [0.25, 0.3) is 5.91 Å². The highest BCUT2D eigenvalue weighted by Crippen LogP contribution is 2.20. The second-order valence-electron chi connectivity index (χ2n) is 7.92. The number of H-pyrrole nitrogens is 1. The molecule has 0 aliphatic carbocycles. The van der Waals surface area contributed by atoms with E-state index in [1.165, 1.54) is 5.56 Å². The molecule has 7 heteroatoms. The molecule has 162 valence electrons. The lowest BCUT2D eigenvalue weighted by Crippen LogP contribution is -2.36. The minimum atomic E-state index is -0.411. The van der Waals surface area contributed by atoms with Crippen LogP contribution in [0, 0.1) is 13.8 Å². The van der Waals surface area contributed by atoms with Crippen LogP contribution in [0.1, 0.15) is 57.1 Å². The number of carbonyl (C=O) groups is 2. The molecule has 30 heavy (non-hydrogen) atoms. The minimum Gasteiger partial charge on any atom is -0.459 e. The van der Waals surface area contributed by atoms with Gasteiger partial charge in [0, 0.05) is 31.9 Å². The molecule has 1 aromatic heterocycles. The maximum absolute atomic E-state index is 12.8. The molecule has 0 spiro atoms. The maximum atomic E-state index is 12.8. The Morgan fingerprint density at radius 2 is 1.83 bits per heavy atom. The van der Waals surface area contributed by atoms with Gasteiger partial charge in [-0.15, -0.1) is 0 Å². The Morgan fingerprint density at radius 1 is 1.17 bits per heavy atom. The number of aromatic nitrogens is 1. The SMILES string of the molecule is Cc1[nH]c(C(=O)NCc2ccccc2CN2CCOCC2)c(C)c1C(=O)OC(C)C. The van der Waals surface area contributed by atoms with Crippen LogP contribution in [-0.4, -0.2) is 54.2 Å². The summed E-state index contributed by atoms with van der Waals surface area (Å²) in [5.41, 5.74) is 4.35. The number of hydrogen-bond acceptors (Lipinski definition) is 5. The molecule has 2 heterocycles. The number of esters is 1. The van der Waals surface area contributed by atoms with E-state index in [1.807, 2.05) is 18.2 Å². The van der Waals surface area contributed by atoms with Crippen LogP contribution in [0.5, 0.6) is 0 Å². The first kappa shape index (κ1) is 22.1. The van der Waals surface area contributed by atoms with Crippen LogP contribution in [0.25, 0.3) is 0 Å². The topological polar surface area (TPSA) is 83.7 Å². The van der Waals surface area contributed by atoms with Crippen molar-refractivity contribution < 1.29 is 19.1 Å². The fourth-order valence-corrected chi connectivity index (χ4v) is 3.70. The van der Waals surface area contributed by atoms with Crippen molar-refractivity contribution in [3.05, 3.63) is 57.9 Å². The van der Waals surface area contributed by atoms with Crippen LogP contribution in [0.15, 0.2) is 24.3 Å². The number of amides is 1. The number of nitrogens with one attached hydrogen (secondary N) is 2. The molecule has 1 amide bonds. The zero-order chi connectivity index (χ0) is 21.7. The summed E-state index contributed by atoms with van der Waals surface area (Å²) in [6.07, 6.45) is -0.216. The number of benzene rings is 1. The second kappa shape index (κ2) is 9.91. The van der Waals surface area contributed by atoms with Crippen molar-refractivity contribution in [2.45, 2.75) is 46.9 Å². The van der Waals surface area contributed by atoms with Gasteiger partial charge >= 0.3 is 5.97 Å². The summed E-state index contributed by atoms with van der Waals surface area (Å²) in [6.45, 7) is 11.7. The van der Waals surface area contributed by atoms with Crippen LogP contribution in [0.3, 0.4) is 0 Å². The number of morpholine rings is 1. The van der Waals surface area contributed by atoms with Crippen LogP contribution in [0.2, 0.25) is 0 Å². The average molecular weight is 414 g/mol. The third-order valence-corrected chi connectivity index (χ3v) is 5.27. The van der Waals surface area contributed by atoms with E-state index in [9.17, 15) is 9.59 Å². The molecule has 0 unspecified atom stereocenters. The number of aryl methyl sites for hydroxylation is 1. The summed E-state index contributed by atoms with van der Waals surface area (Å²) in [7, 11) is 0. The lowest BCUT2D eigenvalue weighted by molar-refractivity contribution is 0.0340. The summed E-state index contributed by atoms with van der Waals surface area (Å²) < 4.78 is 10.7. The molecular formula is C23H31N3O4. The molecule has 2 N–H and O–H groups in total. The highest BCUT2D eigenvalue weighted by molar-refractivity contribution is 6.00. The Kier molecular flexibility index (Phi) is 7.29. The fourth-order valence-electron chi connectivity index (χ4n) is 3.70. The quantitative estimate of drug-likeness (QED) is 0.682. The van der Waals surface area contributed by atoms with E-state index in [4.69, 9.17) is 9.47 Å². The number of aromatic amines is 1. The smallest absolute Gasteiger partial charge is 0.340 e. The Labute approximate surface area is 177 Å². The second-order valence-corrected chi connectivity index (χ2v) is 7.92. The number of ether oxygens (including phenoxy) is 2. The van der Waals surface area contributed by atoms with Crippen molar-refractivity contribution in [1.29, 1.82) is 0 Å². The zero-order valence-electron chi connectivity index (χ0n) is 18.2. The van der Waals surface area contributed by atoms with Gasteiger partial charge in [-0.1, -0.05) is 24.3 Å². The number of nitrogens with zero attached hydrogens (tertiary/aromatic N) is 1. The van der Waals surface area contributed by atoms with Gasteiger partial charge < -0.3 is 19.8 Å². The van der Waals surface area contributed by atoms with Gasteiger partial charge in [-0.25, -0.2) is 4.79 Å². The van der Waals surface area contributed by atoms with Crippen LogP contribution >= 0.6 is 0 Å². The van der Waals surface area contributed by atoms with Crippen molar-refractivity contribution in [2.24, 2.45) is 0 Å². The monoisotopic (exact) mass is 413 g/mol. The molecule has 1 fully saturated rings. The number of hydrogen-bond donors (Lipinski definition) is 2. The van der Waals surface area contributed by atoms with Gasteiger partial charge in [0.1, 0.15) is 5.69 Å². The van der Waals surface area contributed by atoms with E-state index < -0.39 is 5.97 Å². The first-order chi connectivity index (χ1) is 14.4. The standard InChI is InChI=1S/C23H31N3O4/c1-15(2)30-23(28)20-16(3)21(25-17(20)4)22(27)24-13-18-7-5-6-8-19(18)14-26-9-11-29-12-10-26/h5-8,15,25H,9-14H2,1-4H3,(H,24,27). The number of rotatable bonds is 7. The van der Waals surface area contributed by atoms with Crippen molar-refractivity contribution in [3.8, 4) is 0 Å². The van der Waals surface area contributed by atoms with Gasteiger partial charge in [-0.3, -0.25) is 9.69 Å². The molecule has 7 nitrogen and oxygen atoms in total. The molecule has 0 saturated carbocycles. The van der Waals surface area contributed by atoms with Crippen molar-refractivity contribution in [1.82, 2.24) is 15.2 Å². The third kappa shape index (κ3) is 5.29. The summed E-state index contributed by atoms with van der Waals surface area (Å²) in [5.74, 6) is -0.647. The normalized spacial score (nSPS) is 14.7. The summed E-state index contributed by atoms with van der Waals surface area (Å²) in [5, 5.41) is 2.99. The summed E-state index contributed by atoms with van der Waals surface area (Å²) in [6, 6.07) is 8.13. The van der Waals surface area contributed by atoms with E-state index in [1.54, 1.807) is 27.7 Å². The Hall–Kier alpha value is -2.64. The molecule has 0 atom stereocenters. The van der Waals surface area contributed by atoms with E-state index in [0.717, 1.165) is 38.4 Å².